The lowest BCUT2D eigenvalue weighted by Gasteiger charge is -2.32. The van der Waals surface area contributed by atoms with Gasteiger partial charge in [-0.2, -0.15) is 0 Å². The summed E-state index contributed by atoms with van der Waals surface area (Å²) in [5.74, 6) is 1.98. The van der Waals surface area contributed by atoms with Crippen molar-refractivity contribution in [1.29, 1.82) is 0 Å². The number of nitrogens with zero attached hydrogens (tertiary/aromatic N) is 3. The number of rotatable bonds is 7. The fourth-order valence-corrected chi connectivity index (χ4v) is 3.67. The number of ether oxygens (including phenoxy) is 2. The van der Waals surface area contributed by atoms with E-state index in [0.717, 1.165) is 70.6 Å². The number of morpholine rings is 1. The van der Waals surface area contributed by atoms with Gasteiger partial charge in [0.25, 0.3) is 0 Å². The van der Waals surface area contributed by atoms with Crippen molar-refractivity contribution >= 4 is 5.96 Å². The summed E-state index contributed by atoms with van der Waals surface area (Å²) in [4.78, 5) is 9.81. The molecule has 0 radical (unpaired) electrons. The van der Waals surface area contributed by atoms with Crippen molar-refractivity contribution in [2.45, 2.75) is 32.7 Å². The minimum absolute atomic E-state index is 0.627. The molecule has 2 saturated heterocycles. The Morgan fingerprint density at radius 1 is 1.22 bits per heavy atom. The molecule has 2 fully saturated rings. The van der Waals surface area contributed by atoms with Crippen LogP contribution in [-0.2, 0) is 4.74 Å². The smallest absolute Gasteiger partial charge is 0.193 e. The van der Waals surface area contributed by atoms with Crippen LogP contribution in [0.3, 0.4) is 0 Å². The van der Waals surface area contributed by atoms with E-state index in [-0.39, 0.29) is 0 Å². The van der Waals surface area contributed by atoms with Gasteiger partial charge in [-0.1, -0.05) is 17.7 Å². The number of hydrogen-bond donors (Lipinski definition) is 1. The van der Waals surface area contributed by atoms with E-state index in [1.165, 1.54) is 12.0 Å². The Labute approximate surface area is 163 Å². The number of guanidine groups is 1. The molecular weight excluding hydrogens is 340 g/mol. The van der Waals surface area contributed by atoms with Gasteiger partial charge < -0.3 is 19.7 Å². The number of aryl methyl sites for hydroxylation is 1. The maximum Gasteiger partial charge on any atom is 0.193 e. The Kier molecular flexibility index (Phi) is 7.78. The summed E-state index contributed by atoms with van der Waals surface area (Å²) in [6.45, 7) is 12.6. The van der Waals surface area contributed by atoms with Gasteiger partial charge in [0.15, 0.2) is 5.96 Å². The number of benzene rings is 1. The number of aliphatic imine (C=N–C) groups is 1. The number of likely N-dealkylation sites (tertiary alicyclic amines) is 1. The highest BCUT2D eigenvalue weighted by atomic mass is 16.5. The zero-order valence-corrected chi connectivity index (χ0v) is 16.8. The van der Waals surface area contributed by atoms with E-state index >= 15 is 0 Å². The molecular formula is C21H34N4O2. The highest BCUT2D eigenvalue weighted by molar-refractivity contribution is 5.80. The third-order valence-electron chi connectivity index (χ3n) is 5.21. The Bertz CT molecular complexity index is 584. The van der Waals surface area contributed by atoms with Gasteiger partial charge in [0.05, 0.1) is 19.8 Å². The van der Waals surface area contributed by atoms with Gasteiger partial charge in [-0.05, 0) is 32.4 Å². The lowest BCUT2D eigenvalue weighted by atomic mass is 10.2. The lowest BCUT2D eigenvalue weighted by Crippen LogP contribution is -2.46. The van der Waals surface area contributed by atoms with Crippen molar-refractivity contribution in [3.05, 3.63) is 29.8 Å². The van der Waals surface area contributed by atoms with E-state index in [4.69, 9.17) is 14.5 Å². The second kappa shape index (κ2) is 10.5. The molecule has 0 aliphatic carbocycles. The number of hydrogen-bond acceptors (Lipinski definition) is 4. The molecule has 2 aliphatic rings. The molecule has 27 heavy (non-hydrogen) atoms. The van der Waals surface area contributed by atoms with Gasteiger partial charge in [0.1, 0.15) is 5.75 Å². The van der Waals surface area contributed by atoms with Crippen LogP contribution in [-0.4, -0.2) is 80.9 Å². The monoisotopic (exact) mass is 374 g/mol. The normalized spacial score (nSPS) is 21.5. The molecule has 0 amide bonds. The maximum absolute atomic E-state index is 5.80. The third kappa shape index (κ3) is 6.11. The fourth-order valence-electron chi connectivity index (χ4n) is 3.67. The summed E-state index contributed by atoms with van der Waals surface area (Å²) >= 11 is 0. The molecule has 0 aromatic heterocycles. The molecule has 0 saturated carbocycles. The molecule has 1 N–H and O–H groups in total. The lowest BCUT2D eigenvalue weighted by molar-refractivity contribution is 0.0195. The summed E-state index contributed by atoms with van der Waals surface area (Å²) in [5, 5.41) is 3.45. The van der Waals surface area contributed by atoms with Crippen molar-refractivity contribution in [1.82, 2.24) is 15.1 Å². The third-order valence-corrected chi connectivity index (χ3v) is 5.21. The maximum atomic E-state index is 5.80. The Morgan fingerprint density at radius 3 is 2.74 bits per heavy atom. The SMILES string of the molecule is CCNC(=NCCCOc1ccc(C)cc1)N1CCC(N2CCOCC2)C1. The highest BCUT2D eigenvalue weighted by Crippen LogP contribution is 2.17. The average Bonchev–Trinajstić information content (AvgIpc) is 3.19. The molecule has 3 rings (SSSR count). The quantitative estimate of drug-likeness (QED) is 0.450. The molecule has 2 aliphatic heterocycles. The number of nitrogens with one attached hydrogen (secondary N) is 1. The summed E-state index contributed by atoms with van der Waals surface area (Å²) in [6, 6.07) is 8.84. The largest absolute Gasteiger partial charge is 0.494 e. The van der Waals surface area contributed by atoms with E-state index in [9.17, 15) is 0 Å². The molecule has 1 aromatic rings. The summed E-state index contributed by atoms with van der Waals surface area (Å²) < 4.78 is 11.3. The highest BCUT2D eigenvalue weighted by Gasteiger charge is 2.30. The summed E-state index contributed by atoms with van der Waals surface area (Å²) in [5.41, 5.74) is 1.25. The fraction of sp³-hybridized carbons (Fsp3) is 0.667. The Hall–Kier alpha value is -1.79. The molecule has 6 nitrogen and oxygen atoms in total. The van der Waals surface area contributed by atoms with Crippen LogP contribution < -0.4 is 10.1 Å². The van der Waals surface area contributed by atoms with Crippen LogP contribution >= 0.6 is 0 Å². The summed E-state index contributed by atoms with van der Waals surface area (Å²) in [7, 11) is 0. The molecule has 1 atom stereocenters. The first kappa shape index (κ1) is 20.0. The molecule has 150 valence electrons. The van der Waals surface area contributed by atoms with Crippen molar-refractivity contribution in [2.75, 3.05) is 59.1 Å². The van der Waals surface area contributed by atoms with Crippen LogP contribution in [0.5, 0.6) is 5.75 Å². The van der Waals surface area contributed by atoms with Crippen molar-refractivity contribution < 1.29 is 9.47 Å². The average molecular weight is 375 g/mol. The van der Waals surface area contributed by atoms with Crippen LogP contribution in [0.25, 0.3) is 0 Å². The second-order valence-corrected chi connectivity index (χ2v) is 7.29. The molecule has 1 aromatic carbocycles. The van der Waals surface area contributed by atoms with Crippen LogP contribution in [0.2, 0.25) is 0 Å². The molecule has 0 spiro atoms. The van der Waals surface area contributed by atoms with Crippen LogP contribution in [0.4, 0.5) is 0 Å². The zero-order chi connectivity index (χ0) is 18.9. The van der Waals surface area contributed by atoms with Crippen LogP contribution in [0.1, 0.15) is 25.3 Å². The predicted octanol–water partition coefficient (Wildman–Crippen LogP) is 2.14. The topological polar surface area (TPSA) is 49.3 Å². The van der Waals surface area contributed by atoms with Crippen molar-refractivity contribution in [3.8, 4) is 5.75 Å². The van der Waals surface area contributed by atoms with Crippen LogP contribution in [0, 0.1) is 6.92 Å². The van der Waals surface area contributed by atoms with E-state index in [1.807, 2.05) is 12.1 Å². The van der Waals surface area contributed by atoms with Gasteiger partial charge >= 0.3 is 0 Å². The van der Waals surface area contributed by atoms with Gasteiger partial charge in [0, 0.05) is 51.7 Å². The zero-order valence-electron chi connectivity index (χ0n) is 16.8. The first-order chi connectivity index (χ1) is 13.3. The molecule has 2 heterocycles. The van der Waals surface area contributed by atoms with Crippen LogP contribution in [0.15, 0.2) is 29.3 Å². The first-order valence-corrected chi connectivity index (χ1v) is 10.3. The van der Waals surface area contributed by atoms with Gasteiger partial charge in [-0.15, -0.1) is 0 Å². The molecule has 6 heteroatoms. The van der Waals surface area contributed by atoms with Crippen molar-refractivity contribution in [2.24, 2.45) is 4.99 Å². The Balaban J connectivity index is 1.43. The Morgan fingerprint density at radius 2 is 2.00 bits per heavy atom. The second-order valence-electron chi connectivity index (χ2n) is 7.29. The summed E-state index contributed by atoms with van der Waals surface area (Å²) in [6.07, 6.45) is 2.13. The molecule has 1 unspecified atom stereocenters. The standard InChI is InChI=1S/C21H34N4O2/c1-3-22-21(23-10-4-14-27-20-7-5-18(2)6-8-20)25-11-9-19(17-25)24-12-15-26-16-13-24/h5-8,19H,3-4,9-17H2,1-2H3,(H,22,23). The predicted molar refractivity (Wildman–Crippen MR) is 110 cm³/mol. The van der Waals surface area contributed by atoms with Gasteiger partial charge in [0.2, 0.25) is 0 Å². The minimum Gasteiger partial charge on any atom is -0.494 e. The van der Waals surface area contributed by atoms with E-state index < -0.39 is 0 Å². The molecule has 0 bridgehead atoms. The van der Waals surface area contributed by atoms with E-state index in [0.29, 0.717) is 12.6 Å². The van der Waals surface area contributed by atoms with Crippen molar-refractivity contribution in [3.63, 3.8) is 0 Å². The first-order valence-electron chi connectivity index (χ1n) is 10.3. The van der Waals surface area contributed by atoms with Gasteiger partial charge in [-0.3, -0.25) is 9.89 Å². The van der Waals surface area contributed by atoms with E-state index in [1.54, 1.807) is 0 Å². The van der Waals surface area contributed by atoms with E-state index in [2.05, 4.69) is 41.1 Å². The minimum atomic E-state index is 0.627. The van der Waals surface area contributed by atoms with Gasteiger partial charge in [-0.25, -0.2) is 0 Å².